The molecule has 1 unspecified atom stereocenters. The summed E-state index contributed by atoms with van der Waals surface area (Å²) in [5, 5.41) is 22.2. The van der Waals surface area contributed by atoms with Gasteiger partial charge in [0.25, 0.3) is 17.7 Å². The van der Waals surface area contributed by atoms with Crippen LogP contribution in [0.3, 0.4) is 0 Å². The van der Waals surface area contributed by atoms with Crippen molar-refractivity contribution in [2.75, 3.05) is 6.54 Å². The Morgan fingerprint density at radius 1 is 1.15 bits per heavy atom. The monoisotopic (exact) mass is 632 g/mol. The van der Waals surface area contributed by atoms with Crippen molar-refractivity contribution >= 4 is 46.0 Å². The highest BCUT2D eigenvalue weighted by molar-refractivity contribution is 6.41. The molecule has 3 atom stereocenters. The van der Waals surface area contributed by atoms with Crippen LogP contribution >= 0.6 is 0 Å². The fraction of sp³-hybridized carbons (Fsp3) is 0.500. The summed E-state index contributed by atoms with van der Waals surface area (Å²) in [5.41, 5.74) is 5.44. The molecule has 2 aliphatic rings. The number of carbonyl (C=O) groups is 5. The van der Waals surface area contributed by atoms with Crippen LogP contribution in [0.4, 0.5) is 0 Å². The number of hydrogen-bond acceptors (Lipinski definition) is 8. The third-order valence-corrected chi connectivity index (χ3v) is 8.88. The van der Waals surface area contributed by atoms with Gasteiger partial charge in [0.15, 0.2) is 0 Å². The minimum atomic E-state index is -1.32. The number of primary amides is 1. The van der Waals surface area contributed by atoms with E-state index in [0.29, 0.717) is 11.3 Å². The number of nitrogens with two attached hydrogens (primary N) is 1. The van der Waals surface area contributed by atoms with E-state index >= 15 is 0 Å². The van der Waals surface area contributed by atoms with E-state index in [-0.39, 0.29) is 31.0 Å². The Morgan fingerprint density at radius 3 is 2.59 bits per heavy atom. The molecular formula is C32H40N8O6. The van der Waals surface area contributed by atoms with Crippen molar-refractivity contribution in [2.45, 2.75) is 89.4 Å². The molecule has 5 N–H and O–H groups in total. The molecule has 1 aliphatic carbocycles. The van der Waals surface area contributed by atoms with Crippen LogP contribution < -0.4 is 11.1 Å². The average molecular weight is 633 g/mol. The molecule has 14 nitrogen and oxygen atoms in total. The molecule has 3 heterocycles. The predicted octanol–water partition coefficient (Wildman–Crippen LogP) is 1.94. The molecule has 46 heavy (non-hydrogen) atoms. The summed E-state index contributed by atoms with van der Waals surface area (Å²) in [6.07, 6.45) is 8.43. The summed E-state index contributed by atoms with van der Waals surface area (Å²) in [7, 11) is 0. The first-order valence-electron chi connectivity index (χ1n) is 15.6. The van der Waals surface area contributed by atoms with Gasteiger partial charge in [-0.2, -0.15) is 0 Å². The van der Waals surface area contributed by atoms with E-state index in [2.05, 4.69) is 25.6 Å². The van der Waals surface area contributed by atoms with Gasteiger partial charge in [-0.3, -0.25) is 24.0 Å². The van der Waals surface area contributed by atoms with Gasteiger partial charge in [0.05, 0.1) is 24.0 Å². The van der Waals surface area contributed by atoms with Gasteiger partial charge in [0.2, 0.25) is 11.7 Å². The number of carbonyl (C=O) groups excluding carboxylic acids is 5. The number of H-pyrrole nitrogens is 1. The van der Waals surface area contributed by atoms with Crippen molar-refractivity contribution in [1.82, 2.24) is 30.2 Å². The smallest absolute Gasteiger partial charge is 0.287 e. The van der Waals surface area contributed by atoms with Gasteiger partial charge in [-0.05, 0) is 57.4 Å². The zero-order chi connectivity index (χ0) is 33.2. The molecule has 1 aliphatic heterocycles. The topological polar surface area (TPSA) is 206 Å². The molecule has 2 aromatic heterocycles. The van der Waals surface area contributed by atoms with Crippen molar-refractivity contribution < 1.29 is 29.1 Å². The molecule has 1 saturated carbocycles. The highest BCUT2D eigenvalue weighted by Crippen LogP contribution is 2.33. The number of aromatic nitrogens is 4. The average Bonchev–Trinajstić information content (AvgIpc) is 3.79. The molecule has 0 spiro atoms. The quantitative estimate of drug-likeness (QED) is 0.191. The Kier molecular flexibility index (Phi) is 9.47. The fourth-order valence-electron chi connectivity index (χ4n) is 6.39. The minimum Gasteiger partial charge on any atom is -0.384 e. The Morgan fingerprint density at radius 2 is 1.89 bits per heavy atom. The summed E-state index contributed by atoms with van der Waals surface area (Å²) in [4.78, 5) is 74.0. The third-order valence-electron chi connectivity index (χ3n) is 8.88. The van der Waals surface area contributed by atoms with Gasteiger partial charge in [0.1, 0.15) is 17.4 Å². The lowest BCUT2D eigenvalue weighted by Gasteiger charge is -2.27. The van der Waals surface area contributed by atoms with Gasteiger partial charge in [-0.1, -0.05) is 37.3 Å². The van der Waals surface area contributed by atoms with E-state index in [4.69, 9.17) is 5.73 Å². The van der Waals surface area contributed by atoms with E-state index in [1.54, 1.807) is 38.2 Å². The number of Topliss-reactive ketones (excluding diaryl/α,β-unsaturated/α-hetero) is 1. The van der Waals surface area contributed by atoms with E-state index in [1.165, 1.54) is 22.7 Å². The summed E-state index contributed by atoms with van der Waals surface area (Å²) < 4.78 is 1.49. The van der Waals surface area contributed by atoms with Gasteiger partial charge in [-0.25, -0.2) is 9.67 Å². The Balaban J connectivity index is 1.50. The van der Waals surface area contributed by atoms with Crippen molar-refractivity contribution in [1.29, 1.82) is 0 Å². The largest absolute Gasteiger partial charge is 0.384 e. The van der Waals surface area contributed by atoms with Crippen LogP contribution in [0.15, 0.2) is 41.7 Å². The SMILES string of the molecule is CC(NC(=O)[C@@H]1C[C@H](n2nncc2C(C)(C)O)CN1C(=O)C(CC1CCCCC1)=NC(=O)c1ccc2[nH]ccc2c1)C(=O)C(N)=O. The number of aromatic amines is 1. The highest BCUT2D eigenvalue weighted by Gasteiger charge is 2.44. The van der Waals surface area contributed by atoms with Crippen molar-refractivity contribution in [3.63, 3.8) is 0 Å². The van der Waals surface area contributed by atoms with Crippen LogP contribution in [0.25, 0.3) is 10.9 Å². The molecule has 0 radical (unpaired) electrons. The summed E-state index contributed by atoms with van der Waals surface area (Å²) in [6, 6.07) is 4.07. The van der Waals surface area contributed by atoms with Gasteiger partial charge >= 0.3 is 0 Å². The molecule has 244 valence electrons. The molecule has 3 aromatic rings. The maximum Gasteiger partial charge on any atom is 0.287 e. The van der Waals surface area contributed by atoms with Crippen LogP contribution in [0, 0.1) is 5.92 Å². The number of fused-ring (bicyclic) bond motifs is 1. The maximum atomic E-state index is 14.4. The van der Waals surface area contributed by atoms with Crippen LogP contribution in [0.2, 0.25) is 0 Å². The first-order chi connectivity index (χ1) is 21.8. The summed E-state index contributed by atoms with van der Waals surface area (Å²) in [6.45, 7) is 4.48. The Hall–Kier alpha value is -4.72. The van der Waals surface area contributed by atoms with Crippen LogP contribution in [-0.4, -0.2) is 83.7 Å². The number of likely N-dealkylation sites (tertiary alicyclic amines) is 1. The second-order valence-corrected chi connectivity index (χ2v) is 12.8. The number of amides is 4. The van der Waals surface area contributed by atoms with Gasteiger partial charge < -0.3 is 26.0 Å². The van der Waals surface area contributed by atoms with E-state index < -0.39 is 53.1 Å². The van der Waals surface area contributed by atoms with E-state index in [1.807, 2.05) is 6.07 Å². The molecule has 0 bridgehead atoms. The summed E-state index contributed by atoms with van der Waals surface area (Å²) >= 11 is 0. The van der Waals surface area contributed by atoms with Crippen molar-refractivity contribution in [2.24, 2.45) is 16.6 Å². The van der Waals surface area contributed by atoms with E-state index in [0.717, 1.165) is 43.0 Å². The molecule has 1 saturated heterocycles. The number of ketones is 1. The number of nitrogens with one attached hydrogen (secondary N) is 2. The first-order valence-corrected chi connectivity index (χ1v) is 15.6. The first kappa shape index (κ1) is 32.7. The Labute approximate surface area is 265 Å². The van der Waals surface area contributed by atoms with E-state index in [9.17, 15) is 29.1 Å². The van der Waals surface area contributed by atoms with Gasteiger partial charge in [0, 0.05) is 35.6 Å². The number of rotatable bonds is 10. The van der Waals surface area contributed by atoms with Crippen LogP contribution in [0.1, 0.15) is 87.8 Å². The molecular weight excluding hydrogens is 592 g/mol. The van der Waals surface area contributed by atoms with Gasteiger partial charge in [-0.15, -0.1) is 5.10 Å². The lowest BCUT2D eigenvalue weighted by molar-refractivity contribution is -0.139. The molecule has 4 amide bonds. The number of hydrogen-bond donors (Lipinski definition) is 4. The molecule has 5 rings (SSSR count). The number of benzene rings is 1. The zero-order valence-electron chi connectivity index (χ0n) is 26.2. The predicted molar refractivity (Wildman–Crippen MR) is 167 cm³/mol. The molecule has 14 heteroatoms. The maximum absolute atomic E-state index is 14.4. The molecule has 1 aromatic carbocycles. The second kappa shape index (κ2) is 13.3. The number of aliphatic imine (C=N–C) groups is 1. The lowest BCUT2D eigenvalue weighted by Crippen LogP contribution is -2.52. The fourth-order valence-corrected chi connectivity index (χ4v) is 6.39. The standard InChI is InChI=1S/C32H40N8O6/c1-18(27(41)28(33)42)36-30(44)25-15-22(40-26(16-35-38-40)32(2,3)46)17-39(25)31(45)24(13-19-7-5-4-6-8-19)37-29(43)21-9-10-23-20(14-21)11-12-34-23/h9-12,14,16,18-19,22,25,34,46H,4-8,13,15,17H2,1-3H3,(H2,33,42)(H,36,44)/t18?,22-,25-/m0/s1. The second-order valence-electron chi connectivity index (χ2n) is 12.8. The lowest BCUT2D eigenvalue weighted by atomic mass is 9.85. The van der Waals surface area contributed by atoms with Crippen molar-refractivity contribution in [3.05, 3.63) is 47.9 Å². The van der Waals surface area contributed by atoms with Crippen LogP contribution in [-0.2, 0) is 24.8 Å². The normalized spacial score (nSPS) is 20.1. The Bertz CT molecular complexity index is 1680. The van der Waals surface area contributed by atoms with Crippen molar-refractivity contribution in [3.8, 4) is 0 Å². The zero-order valence-corrected chi connectivity index (χ0v) is 26.2. The third kappa shape index (κ3) is 7.06. The minimum absolute atomic E-state index is 0.00526. The molecule has 2 fully saturated rings. The number of nitrogens with zero attached hydrogens (tertiary/aromatic N) is 5. The highest BCUT2D eigenvalue weighted by atomic mass is 16.3. The number of aliphatic hydroxyl groups is 1. The summed E-state index contributed by atoms with van der Waals surface area (Å²) in [5.74, 6) is -3.86. The van der Waals surface area contributed by atoms with Crippen LogP contribution in [0.5, 0.6) is 0 Å².